The van der Waals surface area contributed by atoms with Gasteiger partial charge >= 0.3 is 6.18 Å². The minimum Gasteiger partial charge on any atom is -0.328 e. The van der Waals surface area contributed by atoms with Crippen LogP contribution in [0.4, 0.5) is 13.2 Å². The summed E-state index contributed by atoms with van der Waals surface area (Å²) in [6, 6.07) is 0.818. The van der Waals surface area contributed by atoms with Crippen LogP contribution < -0.4 is 5.56 Å². The van der Waals surface area contributed by atoms with Crippen molar-refractivity contribution >= 4 is 0 Å². The van der Waals surface area contributed by atoms with Gasteiger partial charge in [0.05, 0.1) is 5.56 Å². The molecule has 0 atom stereocenters. The molecule has 0 bridgehead atoms. The molecule has 0 fully saturated rings. The average Bonchev–Trinajstić information content (AvgIpc) is 2.24. The number of pyridine rings is 1. The van der Waals surface area contributed by atoms with Crippen molar-refractivity contribution in [1.29, 1.82) is 0 Å². The van der Waals surface area contributed by atoms with Gasteiger partial charge in [0.15, 0.2) is 0 Å². The minimum atomic E-state index is -4.39. The smallest absolute Gasteiger partial charge is 0.328 e. The number of alkyl halides is 3. The van der Waals surface area contributed by atoms with Crippen molar-refractivity contribution in [3.05, 3.63) is 33.7 Å². The Bertz CT molecular complexity index is 356. The second kappa shape index (κ2) is 8.84. The summed E-state index contributed by atoms with van der Waals surface area (Å²) in [5, 5.41) is 0. The standard InChI is InChI=1S/C7H6F3NO.C3H8.C2H6/c1-4-2-5(7(8,9)10)3-11-6(4)12;1-3-2;1-2/h2-3H,1H3,(H,11,12);3H2,1-2H3;1-2H3. The Hall–Kier alpha value is -1.26. The fraction of sp³-hybridized carbons (Fsp3) is 0.583. The third kappa shape index (κ3) is 7.60. The first-order valence-corrected chi connectivity index (χ1v) is 5.59. The van der Waals surface area contributed by atoms with E-state index >= 15 is 0 Å². The van der Waals surface area contributed by atoms with Gasteiger partial charge in [-0.1, -0.05) is 34.1 Å². The maximum absolute atomic E-state index is 12.0. The average molecular weight is 251 g/mol. The Labute approximate surface area is 99.9 Å². The van der Waals surface area contributed by atoms with E-state index in [0.717, 1.165) is 6.07 Å². The molecule has 1 N–H and O–H groups in total. The van der Waals surface area contributed by atoms with E-state index in [-0.39, 0.29) is 5.56 Å². The van der Waals surface area contributed by atoms with Crippen molar-refractivity contribution in [1.82, 2.24) is 4.98 Å². The molecule has 0 unspecified atom stereocenters. The molecule has 0 aliphatic rings. The van der Waals surface area contributed by atoms with E-state index in [1.807, 2.05) is 18.8 Å². The minimum absolute atomic E-state index is 0.0600. The van der Waals surface area contributed by atoms with Crippen LogP contribution in [0.1, 0.15) is 45.2 Å². The van der Waals surface area contributed by atoms with E-state index in [0.29, 0.717) is 6.20 Å². The second-order valence-corrected chi connectivity index (χ2v) is 3.11. The van der Waals surface area contributed by atoms with Crippen molar-refractivity contribution < 1.29 is 13.2 Å². The molecule has 0 amide bonds. The SMILES string of the molecule is CC.CCC.Cc1cc(C(F)(F)F)c[nH]c1=O. The highest BCUT2D eigenvalue weighted by atomic mass is 19.4. The number of H-pyrrole nitrogens is 1. The quantitative estimate of drug-likeness (QED) is 0.738. The molecule has 17 heavy (non-hydrogen) atoms. The molecule has 2 nitrogen and oxygen atoms in total. The lowest BCUT2D eigenvalue weighted by molar-refractivity contribution is -0.137. The van der Waals surface area contributed by atoms with Crippen molar-refractivity contribution in [2.45, 2.75) is 47.2 Å². The fourth-order valence-corrected chi connectivity index (χ4v) is 0.761. The van der Waals surface area contributed by atoms with Gasteiger partial charge in [-0.15, -0.1) is 0 Å². The van der Waals surface area contributed by atoms with Crippen LogP contribution in [-0.2, 0) is 6.18 Å². The number of aromatic amines is 1. The normalized spacial score (nSPS) is 9.65. The van der Waals surface area contributed by atoms with Gasteiger partial charge in [-0.3, -0.25) is 4.79 Å². The van der Waals surface area contributed by atoms with Crippen LogP contribution >= 0.6 is 0 Å². The van der Waals surface area contributed by atoms with Gasteiger partial charge in [0, 0.05) is 11.8 Å². The molecule has 0 saturated carbocycles. The summed E-state index contributed by atoms with van der Waals surface area (Å²) in [6.45, 7) is 9.58. The summed E-state index contributed by atoms with van der Waals surface area (Å²) in [5.41, 5.74) is -1.27. The van der Waals surface area contributed by atoms with Crippen LogP contribution in [0.25, 0.3) is 0 Å². The first-order chi connectivity index (χ1) is 7.82. The van der Waals surface area contributed by atoms with Crippen LogP contribution in [0.3, 0.4) is 0 Å². The lowest BCUT2D eigenvalue weighted by atomic mass is 10.2. The largest absolute Gasteiger partial charge is 0.417 e. The summed E-state index contributed by atoms with van der Waals surface area (Å²) in [6.07, 6.45) is -2.48. The zero-order valence-corrected chi connectivity index (χ0v) is 10.9. The molecule has 1 rings (SSSR count). The van der Waals surface area contributed by atoms with E-state index in [9.17, 15) is 18.0 Å². The lowest BCUT2D eigenvalue weighted by Crippen LogP contribution is -2.13. The number of rotatable bonds is 0. The first-order valence-electron chi connectivity index (χ1n) is 5.59. The van der Waals surface area contributed by atoms with E-state index in [4.69, 9.17) is 0 Å². The lowest BCUT2D eigenvalue weighted by Gasteiger charge is -2.05. The Morgan fingerprint density at radius 3 is 1.94 bits per heavy atom. The molecular weight excluding hydrogens is 231 g/mol. The summed E-state index contributed by atoms with van der Waals surface area (Å²) < 4.78 is 35.9. The monoisotopic (exact) mass is 251 g/mol. The van der Waals surface area contributed by atoms with Crippen LogP contribution in [0, 0.1) is 6.92 Å². The van der Waals surface area contributed by atoms with E-state index < -0.39 is 17.3 Å². The highest BCUT2D eigenvalue weighted by Crippen LogP contribution is 2.28. The van der Waals surface area contributed by atoms with Crippen molar-refractivity contribution in [2.75, 3.05) is 0 Å². The van der Waals surface area contributed by atoms with E-state index in [1.54, 1.807) is 0 Å². The topological polar surface area (TPSA) is 32.9 Å². The fourth-order valence-electron chi connectivity index (χ4n) is 0.761. The number of hydrogen-bond acceptors (Lipinski definition) is 1. The number of hydrogen-bond donors (Lipinski definition) is 1. The third-order valence-electron chi connectivity index (χ3n) is 1.42. The maximum Gasteiger partial charge on any atom is 0.417 e. The Kier molecular flexibility index (Phi) is 9.42. The molecule has 0 aliphatic heterocycles. The van der Waals surface area contributed by atoms with Gasteiger partial charge in [-0.2, -0.15) is 13.2 Å². The zero-order valence-electron chi connectivity index (χ0n) is 10.9. The third-order valence-corrected chi connectivity index (χ3v) is 1.42. The number of aromatic nitrogens is 1. The van der Waals surface area contributed by atoms with E-state index in [1.165, 1.54) is 13.3 Å². The van der Waals surface area contributed by atoms with Crippen LogP contribution in [0.5, 0.6) is 0 Å². The predicted molar refractivity (Wildman–Crippen MR) is 64.1 cm³/mol. The molecule has 1 aromatic heterocycles. The maximum atomic E-state index is 12.0. The van der Waals surface area contributed by atoms with Crippen molar-refractivity contribution in [3.63, 3.8) is 0 Å². The van der Waals surface area contributed by atoms with Gasteiger partial charge in [0.2, 0.25) is 0 Å². The first kappa shape index (κ1) is 18.1. The zero-order chi connectivity index (χ0) is 14.1. The summed E-state index contributed by atoms with van der Waals surface area (Å²) in [4.78, 5) is 12.7. The highest BCUT2D eigenvalue weighted by Gasteiger charge is 2.30. The highest BCUT2D eigenvalue weighted by molar-refractivity contribution is 5.19. The Morgan fingerprint density at radius 1 is 1.24 bits per heavy atom. The van der Waals surface area contributed by atoms with Crippen LogP contribution in [-0.4, -0.2) is 4.98 Å². The van der Waals surface area contributed by atoms with Gasteiger partial charge in [0.25, 0.3) is 5.56 Å². The number of halogens is 3. The predicted octanol–water partition coefficient (Wildman–Crippen LogP) is 4.14. The molecule has 0 radical (unpaired) electrons. The molecule has 1 heterocycles. The van der Waals surface area contributed by atoms with Crippen LogP contribution in [0.15, 0.2) is 17.1 Å². The molecule has 0 aliphatic carbocycles. The number of aryl methyl sites for hydroxylation is 1. The van der Waals surface area contributed by atoms with Gasteiger partial charge in [0.1, 0.15) is 0 Å². The van der Waals surface area contributed by atoms with Crippen molar-refractivity contribution in [2.24, 2.45) is 0 Å². The summed E-state index contributed by atoms with van der Waals surface area (Å²) in [5.74, 6) is 0. The summed E-state index contributed by atoms with van der Waals surface area (Å²) >= 11 is 0. The Morgan fingerprint density at radius 2 is 1.65 bits per heavy atom. The number of nitrogens with one attached hydrogen (secondary N) is 1. The molecule has 5 heteroatoms. The summed E-state index contributed by atoms with van der Waals surface area (Å²) in [7, 11) is 0. The molecular formula is C12H20F3NO. The van der Waals surface area contributed by atoms with Crippen LogP contribution in [0.2, 0.25) is 0 Å². The molecule has 100 valence electrons. The van der Waals surface area contributed by atoms with Gasteiger partial charge in [-0.25, -0.2) is 0 Å². The molecule has 1 aromatic rings. The molecule has 0 spiro atoms. The van der Waals surface area contributed by atoms with Gasteiger partial charge < -0.3 is 4.98 Å². The molecule has 0 aromatic carbocycles. The van der Waals surface area contributed by atoms with Crippen molar-refractivity contribution in [3.8, 4) is 0 Å². The Balaban J connectivity index is 0. The van der Waals surface area contributed by atoms with E-state index in [2.05, 4.69) is 13.8 Å². The molecule has 0 saturated heterocycles. The second-order valence-electron chi connectivity index (χ2n) is 3.11. The van der Waals surface area contributed by atoms with Gasteiger partial charge in [-0.05, 0) is 13.0 Å².